The lowest BCUT2D eigenvalue weighted by molar-refractivity contribution is 0.0649. The Balaban J connectivity index is 1.49. The number of fused-ring (bicyclic) bond motifs is 1. The molecule has 0 saturated heterocycles. The van der Waals surface area contributed by atoms with Crippen LogP contribution in [0.3, 0.4) is 0 Å². The van der Waals surface area contributed by atoms with Crippen LogP contribution >= 0.6 is 0 Å². The molecule has 0 fully saturated rings. The van der Waals surface area contributed by atoms with Crippen LogP contribution in [0, 0.1) is 22.7 Å². The Morgan fingerprint density at radius 1 is 0.885 bits per heavy atom. The molecule has 0 spiro atoms. The summed E-state index contributed by atoms with van der Waals surface area (Å²) in [5, 5.41) is 17.9. The van der Waals surface area contributed by atoms with Gasteiger partial charge in [-0.1, -0.05) is 12.1 Å². The molecule has 2 aromatic rings. The van der Waals surface area contributed by atoms with E-state index in [-0.39, 0.29) is 17.4 Å². The van der Waals surface area contributed by atoms with Crippen LogP contribution < -0.4 is 4.74 Å². The topological polar surface area (TPSA) is 94.2 Å². The number of carbonyl (C=O) groups is 2. The molecule has 1 aliphatic heterocycles. The molecule has 26 heavy (non-hydrogen) atoms. The van der Waals surface area contributed by atoms with Crippen LogP contribution in [0.5, 0.6) is 5.75 Å². The fourth-order valence-corrected chi connectivity index (χ4v) is 2.81. The number of amides is 2. The van der Waals surface area contributed by atoms with E-state index in [1.807, 2.05) is 12.1 Å². The zero-order valence-electron chi connectivity index (χ0n) is 13.9. The van der Waals surface area contributed by atoms with Gasteiger partial charge in [-0.25, -0.2) is 0 Å². The Kier molecular flexibility index (Phi) is 4.96. The summed E-state index contributed by atoms with van der Waals surface area (Å²) in [6, 6.07) is 15.4. The van der Waals surface area contributed by atoms with E-state index in [1.165, 1.54) is 11.0 Å². The maximum Gasteiger partial charge on any atom is 0.261 e. The van der Waals surface area contributed by atoms with Gasteiger partial charge in [0.2, 0.25) is 0 Å². The number of imide groups is 1. The molecule has 3 rings (SSSR count). The number of benzene rings is 2. The Morgan fingerprint density at radius 3 is 2.15 bits per heavy atom. The van der Waals surface area contributed by atoms with Crippen molar-refractivity contribution in [1.82, 2.24) is 4.90 Å². The minimum absolute atomic E-state index is 0.253. The SMILES string of the molecule is N#Cc1ccc(OCCCCN2C(=O)c3ccccc3C2=O)cc1C#N. The molecule has 6 heteroatoms. The van der Waals surface area contributed by atoms with Gasteiger partial charge in [0.15, 0.2) is 0 Å². The number of unbranched alkanes of at least 4 members (excludes halogenated alkanes) is 1. The van der Waals surface area contributed by atoms with E-state index < -0.39 is 0 Å². The van der Waals surface area contributed by atoms with E-state index in [9.17, 15) is 9.59 Å². The Labute approximate surface area is 150 Å². The van der Waals surface area contributed by atoms with Gasteiger partial charge in [-0.05, 0) is 43.2 Å². The normalized spacial score (nSPS) is 12.5. The lowest BCUT2D eigenvalue weighted by Gasteiger charge is -2.13. The fourth-order valence-electron chi connectivity index (χ4n) is 2.81. The first-order chi connectivity index (χ1) is 12.7. The van der Waals surface area contributed by atoms with Crippen molar-refractivity contribution in [3.8, 4) is 17.9 Å². The second-order valence-corrected chi connectivity index (χ2v) is 5.79. The molecule has 2 aromatic carbocycles. The number of rotatable bonds is 6. The van der Waals surface area contributed by atoms with Gasteiger partial charge in [0.25, 0.3) is 11.8 Å². The van der Waals surface area contributed by atoms with Crippen molar-refractivity contribution in [2.45, 2.75) is 12.8 Å². The molecule has 0 radical (unpaired) electrons. The van der Waals surface area contributed by atoms with Crippen LogP contribution in [0.2, 0.25) is 0 Å². The number of nitrogens with zero attached hydrogens (tertiary/aromatic N) is 3. The van der Waals surface area contributed by atoms with Gasteiger partial charge >= 0.3 is 0 Å². The summed E-state index contributed by atoms with van der Waals surface area (Å²) in [5.74, 6) is 0.0100. The molecule has 1 aliphatic rings. The predicted octanol–water partition coefficient (Wildman–Crippen LogP) is 2.89. The third-order valence-corrected chi connectivity index (χ3v) is 4.15. The molecule has 2 amide bonds. The van der Waals surface area contributed by atoms with Crippen LogP contribution in [-0.2, 0) is 0 Å². The summed E-state index contributed by atoms with van der Waals surface area (Å²) in [6.07, 6.45) is 1.27. The Morgan fingerprint density at radius 2 is 1.54 bits per heavy atom. The van der Waals surface area contributed by atoms with Crippen molar-refractivity contribution in [2.75, 3.05) is 13.2 Å². The quantitative estimate of drug-likeness (QED) is 0.593. The van der Waals surface area contributed by atoms with Gasteiger partial charge in [-0.3, -0.25) is 14.5 Å². The molecule has 0 saturated carbocycles. The average molecular weight is 345 g/mol. The van der Waals surface area contributed by atoms with Crippen LogP contribution in [0.15, 0.2) is 42.5 Å². The molecular formula is C20H15N3O3. The molecule has 0 unspecified atom stereocenters. The van der Waals surface area contributed by atoms with Gasteiger partial charge in [0.05, 0.1) is 28.9 Å². The summed E-state index contributed by atoms with van der Waals surface area (Å²) in [5.41, 5.74) is 1.49. The van der Waals surface area contributed by atoms with Gasteiger partial charge < -0.3 is 4.74 Å². The monoisotopic (exact) mass is 345 g/mol. The van der Waals surface area contributed by atoms with Crippen LogP contribution in [0.4, 0.5) is 0 Å². The highest BCUT2D eigenvalue weighted by Crippen LogP contribution is 2.23. The number of carbonyl (C=O) groups excluding carboxylic acids is 2. The van der Waals surface area contributed by atoms with Gasteiger partial charge in [0.1, 0.15) is 17.9 Å². The molecule has 128 valence electrons. The van der Waals surface area contributed by atoms with E-state index in [0.717, 1.165) is 0 Å². The number of hydrogen-bond acceptors (Lipinski definition) is 5. The molecule has 6 nitrogen and oxygen atoms in total. The van der Waals surface area contributed by atoms with Crippen LogP contribution in [0.1, 0.15) is 44.7 Å². The highest BCUT2D eigenvalue weighted by molar-refractivity contribution is 6.21. The van der Waals surface area contributed by atoms with Crippen molar-refractivity contribution in [3.63, 3.8) is 0 Å². The minimum atomic E-state index is -0.253. The standard InChI is InChI=1S/C20H15N3O3/c21-12-14-7-8-16(11-15(14)13-22)26-10-4-3-9-23-19(24)17-5-1-2-6-18(17)20(23)25/h1-2,5-8,11H,3-4,9-10H2. The smallest absolute Gasteiger partial charge is 0.261 e. The lowest BCUT2D eigenvalue weighted by Crippen LogP contribution is -2.30. The number of ether oxygens (including phenoxy) is 1. The van der Waals surface area contributed by atoms with Crippen molar-refractivity contribution in [2.24, 2.45) is 0 Å². The number of hydrogen-bond donors (Lipinski definition) is 0. The first kappa shape index (κ1) is 17.2. The summed E-state index contributed by atoms with van der Waals surface area (Å²) in [7, 11) is 0. The summed E-state index contributed by atoms with van der Waals surface area (Å²) in [6.45, 7) is 0.729. The van der Waals surface area contributed by atoms with Gasteiger partial charge in [0, 0.05) is 6.54 Å². The second-order valence-electron chi connectivity index (χ2n) is 5.79. The predicted molar refractivity (Wildman–Crippen MR) is 92.4 cm³/mol. The highest BCUT2D eigenvalue weighted by atomic mass is 16.5. The van der Waals surface area contributed by atoms with Gasteiger partial charge in [-0.15, -0.1) is 0 Å². The van der Waals surface area contributed by atoms with E-state index in [4.69, 9.17) is 15.3 Å². The molecule has 0 atom stereocenters. The maximum absolute atomic E-state index is 12.2. The third-order valence-electron chi connectivity index (χ3n) is 4.15. The van der Waals surface area contributed by atoms with Crippen molar-refractivity contribution in [3.05, 3.63) is 64.7 Å². The lowest BCUT2D eigenvalue weighted by atomic mass is 10.1. The van der Waals surface area contributed by atoms with Crippen LogP contribution in [-0.4, -0.2) is 29.9 Å². The zero-order valence-corrected chi connectivity index (χ0v) is 13.9. The van der Waals surface area contributed by atoms with E-state index in [2.05, 4.69) is 0 Å². The summed E-state index contributed by atoms with van der Waals surface area (Å²) >= 11 is 0. The Bertz CT molecular complexity index is 919. The van der Waals surface area contributed by atoms with E-state index in [0.29, 0.717) is 48.4 Å². The highest BCUT2D eigenvalue weighted by Gasteiger charge is 2.34. The average Bonchev–Trinajstić information content (AvgIpc) is 2.92. The number of nitriles is 2. The van der Waals surface area contributed by atoms with Crippen molar-refractivity contribution in [1.29, 1.82) is 10.5 Å². The van der Waals surface area contributed by atoms with Crippen molar-refractivity contribution < 1.29 is 14.3 Å². The second kappa shape index (κ2) is 7.50. The van der Waals surface area contributed by atoms with Crippen molar-refractivity contribution >= 4 is 11.8 Å². The summed E-state index contributed by atoms with van der Waals surface area (Å²) < 4.78 is 5.58. The molecular weight excluding hydrogens is 330 g/mol. The van der Waals surface area contributed by atoms with Crippen LogP contribution in [0.25, 0.3) is 0 Å². The maximum atomic E-state index is 12.2. The minimum Gasteiger partial charge on any atom is -0.494 e. The first-order valence-electron chi connectivity index (χ1n) is 8.18. The largest absolute Gasteiger partial charge is 0.494 e. The van der Waals surface area contributed by atoms with E-state index >= 15 is 0 Å². The van der Waals surface area contributed by atoms with E-state index in [1.54, 1.807) is 36.4 Å². The zero-order chi connectivity index (χ0) is 18.5. The first-order valence-corrected chi connectivity index (χ1v) is 8.18. The van der Waals surface area contributed by atoms with Gasteiger partial charge in [-0.2, -0.15) is 10.5 Å². The molecule has 1 heterocycles. The molecule has 0 N–H and O–H groups in total. The molecule has 0 aromatic heterocycles. The molecule has 0 aliphatic carbocycles. The Hall–Kier alpha value is -3.64. The fraction of sp³-hybridized carbons (Fsp3) is 0.200. The third kappa shape index (κ3) is 3.26. The summed E-state index contributed by atoms with van der Waals surface area (Å²) in [4.78, 5) is 25.7. The molecule has 0 bridgehead atoms.